The van der Waals surface area contributed by atoms with Crippen LogP contribution in [0.4, 0.5) is 0 Å². The van der Waals surface area contributed by atoms with E-state index in [0.717, 1.165) is 24.9 Å². The van der Waals surface area contributed by atoms with Crippen LogP contribution in [0.5, 0.6) is 0 Å². The van der Waals surface area contributed by atoms with E-state index in [9.17, 15) is 9.59 Å². The van der Waals surface area contributed by atoms with Crippen LogP contribution in [0.2, 0.25) is 0 Å². The summed E-state index contributed by atoms with van der Waals surface area (Å²) in [5.74, 6) is 1.76. The summed E-state index contributed by atoms with van der Waals surface area (Å²) >= 11 is 1.35. The Hall–Kier alpha value is -3.20. The number of amides is 2. The highest BCUT2D eigenvalue weighted by Gasteiger charge is 2.25. The minimum Gasteiger partial charge on any atom is -0.338 e. The molecule has 1 aliphatic rings. The second kappa shape index (κ2) is 11.3. The lowest BCUT2D eigenvalue weighted by Gasteiger charge is -2.22. The molecule has 1 fully saturated rings. The number of hydrogen-bond acceptors (Lipinski definition) is 6. The predicted octanol–water partition coefficient (Wildman–Crippen LogP) is 3.62. The molecule has 3 heterocycles. The van der Waals surface area contributed by atoms with E-state index in [2.05, 4.69) is 53.3 Å². The molecule has 0 unspecified atom stereocenters. The molecular formula is C25H30N6O2S. The number of carbonyl (C=O) groups is 2. The number of aryl methyl sites for hydroxylation is 1. The Labute approximate surface area is 204 Å². The molecule has 9 heteroatoms. The number of carbonyl (C=O) groups excluding carboxylic acids is 2. The van der Waals surface area contributed by atoms with Gasteiger partial charge in [-0.1, -0.05) is 54.6 Å². The van der Waals surface area contributed by atoms with Crippen LogP contribution < -0.4 is 0 Å². The number of nitrogens with zero attached hydrogens (tertiary/aromatic N) is 6. The fourth-order valence-electron chi connectivity index (χ4n) is 3.95. The second-order valence-electron chi connectivity index (χ2n) is 8.43. The molecule has 0 aliphatic carbocycles. The van der Waals surface area contributed by atoms with Crippen molar-refractivity contribution in [2.75, 3.05) is 18.8 Å². The molecule has 1 aromatic carbocycles. The summed E-state index contributed by atoms with van der Waals surface area (Å²) in [7, 11) is 0. The van der Waals surface area contributed by atoms with Gasteiger partial charge in [0, 0.05) is 32.3 Å². The Bertz CT molecular complexity index is 1120. The number of hydrogen-bond donors (Lipinski definition) is 0. The molecule has 0 saturated carbocycles. The monoisotopic (exact) mass is 478 g/mol. The standard InChI is InChI=1S/C25H30N6O2S/c1-3-14-29(16-20-11-9-19(2)10-12-20)24(33)18-34-25-28-27-22(17-30-15-6-8-23(30)32)31(25)21-7-4-5-13-26-21/h4-5,7,9-13H,3,6,8,14-18H2,1-2H3. The van der Waals surface area contributed by atoms with E-state index in [4.69, 9.17) is 0 Å². The van der Waals surface area contributed by atoms with Crippen molar-refractivity contribution in [3.8, 4) is 5.82 Å². The molecule has 2 amide bonds. The third-order valence-corrected chi connectivity index (χ3v) is 6.66. The van der Waals surface area contributed by atoms with Crippen molar-refractivity contribution < 1.29 is 9.59 Å². The lowest BCUT2D eigenvalue weighted by Crippen LogP contribution is -2.32. The average Bonchev–Trinajstić information content (AvgIpc) is 3.45. The van der Waals surface area contributed by atoms with Gasteiger partial charge in [0.2, 0.25) is 11.8 Å². The Morgan fingerprint density at radius 1 is 1.15 bits per heavy atom. The zero-order chi connectivity index (χ0) is 23.9. The maximum Gasteiger partial charge on any atom is 0.233 e. The van der Waals surface area contributed by atoms with Gasteiger partial charge < -0.3 is 9.80 Å². The van der Waals surface area contributed by atoms with Crippen molar-refractivity contribution in [1.29, 1.82) is 0 Å². The van der Waals surface area contributed by atoms with Crippen LogP contribution in [0.1, 0.15) is 43.1 Å². The molecule has 34 heavy (non-hydrogen) atoms. The van der Waals surface area contributed by atoms with E-state index in [-0.39, 0.29) is 17.6 Å². The Kier molecular flexibility index (Phi) is 7.95. The number of rotatable bonds is 10. The van der Waals surface area contributed by atoms with Crippen LogP contribution in [0, 0.1) is 6.92 Å². The minimum absolute atomic E-state index is 0.0549. The first-order chi connectivity index (χ1) is 16.5. The minimum atomic E-state index is 0.0549. The van der Waals surface area contributed by atoms with Gasteiger partial charge in [-0.3, -0.25) is 14.2 Å². The van der Waals surface area contributed by atoms with Crippen LogP contribution in [0.25, 0.3) is 5.82 Å². The Balaban J connectivity index is 1.50. The van der Waals surface area contributed by atoms with E-state index in [1.165, 1.54) is 17.3 Å². The van der Waals surface area contributed by atoms with Gasteiger partial charge in [0.05, 0.1) is 12.3 Å². The number of aromatic nitrogens is 4. The normalized spacial score (nSPS) is 13.5. The lowest BCUT2D eigenvalue weighted by atomic mass is 10.1. The van der Waals surface area contributed by atoms with Crippen molar-refractivity contribution in [3.63, 3.8) is 0 Å². The molecule has 0 spiro atoms. The van der Waals surface area contributed by atoms with E-state index < -0.39 is 0 Å². The van der Waals surface area contributed by atoms with Gasteiger partial charge in [0.25, 0.3) is 0 Å². The van der Waals surface area contributed by atoms with Crippen LogP contribution in [-0.4, -0.2) is 60.2 Å². The van der Waals surface area contributed by atoms with Crippen LogP contribution in [0.15, 0.2) is 53.8 Å². The van der Waals surface area contributed by atoms with Crippen molar-refractivity contribution in [3.05, 3.63) is 65.6 Å². The van der Waals surface area contributed by atoms with Gasteiger partial charge in [0.15, 0.2) is 11.0 Å². The van der Waals surface area contributed by atoms with Gasteiger partial charge in [-0.2, -0.15) is 0 Å². The second-order valence-corrected chi connectivity index (χ2v) is 9.37. The lowest BCUT2D eigenvalue weighted by molar-refractivity contribution is -0.129. The summed E-state index contributed by atoms with van der Waals surface area (Å²) in [4.78, 5) is 33.4. The molecule has 0 N–H and O–H groups in total. The third-order valence-electron chi connectivity index (χ3n) is 5.75. The summed E-state index contributed by atoms with van der Waals surface area (Å²) in [6, 6.07) is 13.9. The van der Waals surface area contributed by atoms with E-state index in [0.29, 0.717) is 42.9 Å². The first-order valence-electron chi connectivity index (χ1n) is 11.6. The van der Waals surface area contributed by atoms with Crippen LogP contribution in [0.3, 0.4) is 0 Å². The molecule has 2 aromatic heterocycles. The highest BCUT2D eigenvalue weighted by atomic mass is 32.2. The molecule has 0 atom stereocenters. The largest absolute Gasteiger partial charge is 0.338 e. The number of likely N-dealkylation sites (tertiary alicyclic amines) is 1. The fourth-order valence-corrected chi connectivity index (χ4v) is 4.81. The van der Waals surface area contributed by atoms with Gasteiger partial charge >= 0.3 is 0 Å². The molecule has 178 valence electrons. The van der Waals surface area contributed by atoms with Crippen molar-refractivity contribution in [2.24, 2.45) is 0 Å². The molecule has 0 radical (unpaired) electrons. The highest BCUT2D eigenvalue weighted by molar-refractivity contribution is 7.99. The smallest absolute Gasteiger partial charge is 0.233 e. The Morgan fingerprint density at radius 3 is 2.65 bits per heavy atom. The topological polar surface area (TPSA) is 84.2 Å². The number of pyridine rings is 1. The molecule has 8 nitrogen and oxygen atoms in total. The zero-order valence-electron chi connectivity index (χ0n) is 19.7. The SMILES string of the molecule is CCCN(Cc1ccc(C)cc1)C(=O)CSc1nnc(CN2CCCC2=O)n1-c1ccccn1. The molecule has 3 aromatic rings. The average molecular weight is 479 g/mol. The summed E-state index contributed by atoms with van der Waals surface area (Å²) in [6.45, 7) is 6.52. The maximum atomic E-state index is 13.1. The number of benzene rings is 1. The summed E-state index contributed by atoms with van der Waals surface area (Å²) < 4.78 is 1.85. The van der Waals surface area contributed by atoms with Gasteiger partial charge in [-0.15, -0.1) is 10.2 Å². The first-order valence-corrected chi connectivity index (χ1v) is 12.6. The third kappa shape index (κ3) is 5.83. The van der Waals surface area contributed by atoms with Crippen molar-refractivity contribution in [2.45, 2.75) is 51.4 Å². The molecular weight excluding hydrogens is 448 g/mol. The van der Waals surface area contributed by atoms with Crippen LogP contribution >= 0.6 is 11.8 Å². The molecule has 1 saturated heterocycles. The predicted molar refractivity (Wildman–Crippen MR) is 131 cm³/mol. The fraction of sp³-hybridized carbons (Fsp3) is 0.400. The summed E-state index contributed by atoms with van der Waals surface area (Å²) in [5.41, 5.74) is 2.32. The number of thioether (sulfide) groups is 1. The zero-order valence-corrected chi connectivity index (χ0v) is 20.5. The quantitative estimate of drug-likeness (QED) is 0.414. The van der Waals surface area contributed by atoms with Gasteiger partial charge in [0.1, 0.15) is 5.82 Å². The maximum absolute atomic E-state index is 13.1. The van der Waals surface area contributed by atoms with E-state index >= 15 is 0 Å². The molecule has 4 rings (SSSR count). The van der Waals surface area contributed by atoms with Crippen molar-refractivity contribution in [1.82, 2.24) is 29.5 Å². The molecule has 1 aliphatic heterocycles. The van der Waals surface area contributed by atoms with Gasteiger partial charge in [-0.05, 0) is 37.5 Å². The summed E-state index contributed by atoms with van der Waals surface area (Å²) in [6.07, 6.45) is 4.04. The van der Waals surface area contributed by atoms with Gasteiger partial charge in [-0.25, -0.2) is 4.98 Å². The van der Waals surface area contributed by atoms with Crippen LogP contribution in [-0.2, 0) is 22.7 Å². The van der Waals surface area contributed by atoms with E-state index in [1.54, 1.807) is 11.1 Å². The Morgan fingerprint density at radius 2 is 1.97 bits per heavy atom. The van der Waals surface area contributed by atoms with E-state index in [1.807, 2.05) is 27.7 Å². The first kappa shape index (κ1) is 23.9. The van der Waals surface area contributed by atoms with Crippen molar-refractivity contribution >= 4 is 23.6 Å². The summed E-state index contributed by atoms with van der Waals surface area (Å²) in [5, 5.41) is 9.31. The molecule has 0 bridgehead atoms. The highest BCUT2D eigenvalue weighted by Crippen LogP contribution is 2.24.